The summed E-state index contributed by atoms with van der Waals surface area (Å²) in [6.45, 7) is 2.99. The van der Waals surface area contributed by atoms with Crippen molar-refractivity contribution >= 4 is 5.96 Å². The van der Waals surface area contributed by atoms with Crippen LogP contribution in [0.1, 0.15) is 31.4 Å². The lowest BCUT2D eigenvalue weighted by Crippen LogP contribution is -2.39. The quantitative estimate of drug-likeness (QED) is 0.653. The molecular formula is C14H22N4O. The molecule has 1 saturated heterocycles. The van der Waals surface area contributed by atoms with Gasteiger partial charge in [0.1, 0.15) is 12.0 Å². The van der Waals surface area contributed by atoms with Crippen molar-refractivity contribution in [1.82, 2.24) is 15.4 Å². The Hall–Kier alpha value is -1.52. The SMILES string of the molecule is CN=C(NCc1ccon1)N1CC2CCCCC2C1. The van der Waals surface area contributed by atoms with Gasteiger partial charge < -0.3 is 14.7 Å². The van der Waals surface area contributed by atoms with Crippen LogP contribution in [-0.4, -0.2) is 36.2 Å². The normalized spacial score (nSPS) is 27.4. The Labute approximate surface area is 114 Å². The third kappa shape index (κ3) is 2.74. The van der Waals surface area contributed by atoms with Crippen LogP contribution in [0.5, 0.6) is 0 Å². The summed E-state index contributed by atoms with van der Waals surface area (Å²) in [5.74, 6) is 2.75. The molecular weight excluding hydrogens is 240 g/mol. The Bertz CT molecular complexity index is 415. The van der Waals surface area contributed by atoms with E-state index in [-0.39, 0.29) is 0 Å². The molecule has 5 heteroatoms. The van der Waals surface area contributed by atoms with E-state index in [0.717, 1.165) is 36.6 Å². The molecule has 19 heavy (non-hydrogen) atoms. The van der Waals surface area contributed by atoms with Crippen molar-refractivity contribution in [3.8, 4) is 0 Å². The van der Waals surface area contributed by atoms with Crippen LogP contribution in [0.4, 0.5) is 0 Å². The minimum absolute atomic E-state index is 0.676. The van der Waals surface area contributed by atoms with E-state index < -0.39 is 0 Å². The lowest BCUT2D eigenvalue weighted by molar-refractivity contribution is 0.299. The van der Waals surface area contributed by atoms with E-state index in [1.165, 1.54) is 25.7 Å². The number of aliphatic imine (C=N–C) groups is 1. The molecule has 2 heterocycles. The van der Waals surface area contributed by atoms with Crippen LogP contribution < -0.4 is 5.32 Å². The maximum atomic E-state index is 4.84. The van der Waals surface area contributed by atoms with Gasteiger partial charge in [-0.3, -0.25) is 4.99 Å². The molecule has 0 amide bonds. The van der Waals surface area contributed by atoms with Crippen LogP contribution in [0.25, 0.3) is 0 Å². The zero-order chi connectivity index (χ0) is 13.1. The number of rotatable bonds is 2. The van der Waals surface area contributed by atoms with E-state index in [1.54, 1.807) is 6.26 Å². The van der Waals surface area contributed by atoms with Gasteiger partial charge >= 0.3 is 0 Å². The number of guanidine groups is 1. The predicted octanol–water partition coefficient (Wildman–Crippen LogP) is 1.87. The first kappa shape index (κ1) is 12.5. The van der Waals surface area contributed by atoms with E-state index in [4.69, 9.17) is 4.52 Å². The van der Waals surface area contributed by atoms with Crippen LogP contribution in [0.3, 0.4) is 0 Å². The van der Waals surface area contributed by atoms with Gasteiger partial charge in [0.15, 0.2) is 5.96 Å². The van der Waals surface area contributed by atoms with E-state index in [0.29, 0.717) is 6.54 Å². The highest BCUT2D eigenvalue weighted by atomic mass is 16.5. The molecule has 0 radical (unpaired) electrons. The second kappa shape index (κ2) is 5.63. The summed E-state index contributed by atoms with van der Waals surface area (Å²) in [5, 5.41) is 7.29. The fourth-order valence-electron chi connectivity index (χ4n) is 3.41. The average Bonchev–Trinajstić information content (AvgIpc) is 3.08. The molecule has 0 bridgehead atoms. The van der Waals surface area contributed by atoms with Crippen molar-refractivity contribution in [2.75, 3.05) is 20.1 Å². The molecule has 1 N–H and O–H groups in total. The Morgan fingerprint density at radius 2 is 2.16 bits per heavy atom. The molecule has 2 unspecified atom stereocenters. The molecule has 2 aliphatic rings. The van der Waals surface area contributed by atoms with Gasteiger partial charge in [-0.15, -0.1) is 0 Å². The molecule has 1 aromatic rings. The van der Waals surface area contributed by atoms with Gasteiger partial charge in [-0.05, 0) is 24.7 Å². The summed E-state index contributed by atoms with van der Waals surface area (Å²) in [4.78, 5) is 6.80. The fraction of sp³-hybridized carbons (Fsp3) is 0.714. The molecule has 104 valence electrons. The van der Waals surface area contributed by atoms with E-state index in [2.05, 4.69) is 20.4 Å². The van der Waals surface area contributed by atoms with Crippen LogP contribution in [-0.2, 0) is 6.54 Å². The number of hydrogen-bond donors (Lipinski definition) is 1. The lowest BCUT2D eigenvalue weighted by atomic mass is 9.82. The van der Waals surface area contributed by atoms with E-state index >= 15 is 0 Å². The largest absolute Gasteiger partial charge is 0.364 e. The Morgan fingerprint density at radius 3 is 2.74 bits per heavy atom. The number of likely N-dealkylation sites (tertiary alicyclic amines) is 1. The summed E-state index contributed by atoms with van der Waals surface area (Å²) in [7, 11) is 1.85. The first-order chi connectivity index (χ1) is 9.36. The Balaban J connectivity index is 1.57. The maximum Gasteiger partial charge on any atom is 0.193 e. The zero-order valence-corrected chi connectivity index (χ0v) is 11.5. The van der Waals surface area contributed by atoms with Crippen molar-refractivity contribution in [3.05, 3.63) is 18.0 Å². The predicted molar refractivity (Wildman–Crippen MR) is 73.7 cm³/mol. The van der Waals surface area contributed by atoms with Crippen molar-refractivity contribution < 1.29 is 4.52 Å². The highest BCUT2D eigenvalue weighted by molar-refractivity contribution is 5.80. The van der Waals surface area contributed by atoms with Gasteiger partial charge in [-0.1, -0.05) is 18.0 Å². The summed E-state index contributed by atoms with van der Waals surface area (Å²) >= 11 is 0. The molecule has 1 aliphatic carbocycles. The minimum atomic E-state index is 0.676. The van der Waals surface area contributed by atoms with Crippen molar-refractivity contribution in [2.24, 2.45) is 16.8 Å². The monoisotopic (exact) mass is 262 g/mol. The molecule has 5 nitrogen and oxygen atoms in total. The summed E-state index contributed by atoms with van der Waals surface area (Å²) in [6, 6.07) is 1.88. The standard InChI is InChI=1S/C14H22N4O/c1-15-14(16-8-13-6-7-19-17-13)18-9-11-4-2-3-5-12(11)10-18/h6-7,11-12H,2-5,8-10H2,1H3,(H,15,16). The summed E-state index contributed by atoms with van der Waals surface area (Å²) in [5.41, 5.74) is 0.915. The number of hydrogen-bond acceptors (Lipinski definition) is 3. The van der Waals surface area contributed by atoms with Crippen LogP contribution in [0, 0.1) is 11.8 Å². The molecule has 3 rings (SSSR count). The molecule has 0 aromatic carbocycles. The summed E-state index contributed by atoms with van der Waals surface area (Å²) < 4.78 is 4.84. The van der Waals surface area contributed by atoms with Crippen LogP contribution in [0.2, 0.25) is 0 Å². The fourth-order valence-corrected chi connectivity index (χ4v) is 3.41. The van der Waals surface area contributed by atoms with Gasteiger partial charge in [0, 0.05) is 26.2 Å². The molecule has 1 saturated carbocycles. The van der Waals surface area contributed by atoms with E-state index in [9.17, 15) is 0 Å². The molecule has 0 spiro atoms. The maximum absolute atomic E-state index is 4.84. The third-order valence-electron chi connectivity index (χ3n) is 4.41. The average molecular weight is 262 g/mol. The number of aromatic nitrogens is 1. The second-order valence-electron chi connectivity index (χ2n) is 5.60. The Kier molecular flexibility index (Phi) is 3.71. The van der Waals surface area contributed by atoms with Gasteiger partial charge in [0.2, 0.25) is 0 Å². The third-order valence-corrected chi connectivity index (χ3v) is 4.41. The van der Waals surface area contributed by atoms with Gasteiger partial charge in [-0.2, -0.15) is 0 Å². The first-order valence-electron chi connectivity index (χ1n) is 7.21. The van der Waals surface area contributed by atoms with Gasteiger partial charge in [-0.25, -0.2) is 0 Å². The number of nitrogens with zero attached hydrogens (tertiary/aromatic N) is 3. The molecule has 1 aliphatic heterocycles. The van der Waals surface area contributed by atoms with Crippen LogP contribution >= 0.6 is 0 Å². The summed E-state index contributed by atoms with van der Waals surface area (Å²) in [6.07, 6.45) is 7.19. The molecule has 1 aromatic heterocycles. The highest BCUT2D eigenvalue weighted by Crippen LogP contribution is 2.35. The van der Waals surface area contributed by atoms with E-state index in [1.807, 2.05) is 13.1 Å². The molecule has 2 atom stereocenters. The van der Waals surface area contributed by atoms with Crippen molar-refractivity contribution in [1.29, 1.82) is 0 Å². The first-order valence-corrected chi connectivity index (χ1v) is 7.21. The molecule has 2 fully saturated rings. The second-order valence-corrected chi connectivity index (χ2v) is 5.60. The topological polar surface area (TPSA) is 53.7 Å². The Morgan fingerprint density at radius 1 is 1.42 bits per heavy atom. The number of nitrogens with one attached hydrogen (secondary N) is 1. The van der Waals surface area contributed by atoms with Crippen molar-refractivity contribution in [3.63, 3.8) is 0 Å². The smallest absolute Gasteiger partial charge is 0.193 e. The zero-order valence-electron chi connectivity index (χ0n) is 11.5. The minimum Gasteiger partial charge on any atom is -0.364 e. The highest BCUT2D eigenvalue weighted by Gasteiger charge is 2.35. The van der Waals surface area contributed by atoms with Crippen LogP contribution in [0.15, 0.2) is 21.8 Å². The lowest BCUT2D eigenvalue weighted by Gasteiger charge is -2.22. The number of fused-ring (bicyclic) bond motifs is 1. The van der Waals surface area contributed by atoms with Gasteiger partial charge in [0.25, 0.3) is 0 Å². The van der Waals surface area contributed by atoms with Gasteiger partial charge in [0.05, 0.1) is 6.54 Å². The van der Waals surface area contributed by atoms with Crippen molar-refractivity contribution in [2.45, 2.75) is 32.2 Å².